The van der Waals surface area contributed by atoms with E-state index in [1.165, 1.54) is 23.5 Å². The van der Waals surface area contributed by atoms with E-state index in [0.29, 0.717) is 16.9 Å². The molecule has 1 aliphatic heterocycles. The smallest absolute Gasteiger partial charge is 0.239 e. The van der Waals surface area contributed by atoms with Crippen LogP contribution in [-0.2, 0) is 10.0 Å². The van der Waals surface area contributed by atoms with Gasteiger partial charge in [0.25, 0.3) is 0 Å². The Hall–Kier alpha value is -1.87. The summed E-state index contributed by atoms with van der Waals surface area (Å²) < 4.78 is 23.8. The minimum absolute atomic E-state index is 0.0353. The number of rotatable bonds is 10. The van der Waals surface area contributed by atoms with Gasteiger partial charge in [-0.3, -0.25) is 9.69 Å². The van der Waals surface area contributed by atoms with Crippen LogP contribution in [0.4, 0.5) is 5.69 Å². The molecule has 6 nitrogen and oxygen atoms in total. The van der Waals surface area contributed by atoms with Gasteiger partial charge in [-0.1, -0.05) is 31.2 Å². The first-order valence-electron chi connectivity index (χ1n) is 10.7. The lowest BCUT2D eigenvalue weighted by Crippen LogP contribution is -2.46. The van der Waals surface area contributed by atoms with Crippen LogP contribution in [0.1, 0.15) is 36.5 Å². The summed E-state index contributed by atoms with van der Waals surface area (Å²) in [6, 6.07) is 15.3. The molecule has 0 radical (unpaired) electrons. The van der Waals surface area contributed by atoms with Crippen LogP contribution < -0.4 is 10.0 Å². The van der Waals surface area contributed by atoms with Gasteiger partial charge < -0.3 is 4.90 Å². The Labute approximate surface area is 189 Å². The molecular weight excluding hydrogens is 430 g/mol. The first-order chi connectivity index (χ1) is 14.9. The fourth-order valence-corrected chi connectivity index (χ4v) is 5.65. The predicted molar refractivity (Wildman–Crippen MR) is 127 cm³/mol. The standard InChI is InChI=1S/C23H31N3O3S2/c1-2-30-22-12-11-19(18-23(22)31(24,28)29)21(27)10-6-7-13-25-14-16-26(17-15-25)20-8-4-3-5-9-20/h3-5,8-9,11-12,18H,2,6-7,10,13-17H2,1H3,(H2,24,28,29). The van der Waals surface area contributed by atoms with Crippen LogP contribution in [0.25, 0.3) is 0 Å². The lowest BCUT2D eigenvalue weighted by atomic mass is 10.1. The van der Waals surface area contributed by atoms with Crippen molar-refractivity contribution >= 4 is 33.3 Å². The molecule has 0 amide bonds. The number of nitrogens with zero attached hydrogens (tertiary/aromatic N) is 2. The summed E-state index contributed by atoms with van der Waals surface area (Å²) in [5.41, 5.74) is 1.69. The van der Waals surface area contributed by atoms with E-state index in [1.807, 2.05) is 13.0 Å². The average molecular weight is 462 g/mol. The number of thioether (sulfide) groups is 1. The van der Waals surface area contributed by atoms with Crippen molar-refractivity contribution < 1.29 is 13.2 Å². The minimum atomic E-state index is -3.86. The summed E-state index contributed by atoms with van der Waals surface area (Å²) in [6.45, 7) is 7.00. The molecule has 0 atom stereocenters. The molecule has 2 aromatic rings. The van der Waals surface area contributed by atoms with E-state index >= 15 is 0 Å². The third-order valence-electron chi connectivity index (χ3n) is 5.49. The van der Waals surface area contributed by atoms with Gasteiger partial charge >= 0.3 is 0 Å². The minimum Gasteiger partial charge on any atom is -0.369 e. The van der Waals surface area contributed by atoms with Crippen LogP contribution in [0.3, 0.4) is 0 Å². The number of ketones is 1. The maximum atomic E-state index is 12.6. The Morgan fingerprint density at radius 2 is 1.74 bits per heavy atom. The first-order valence-corrected chi connectivity index (χ1v) is 13.3. The zero-order chi connectivity index (χ0) is 22.3. The Kier molecular flexibility index (Phi) is 8.54. The van der Waals surface area contributed by atoms with E-state index in [-0.39, 0.29) is 10.7 Å². The molecule has 1 aliphatic rings. The number of hydrogen-bond donors (Lipinski definition) is 1. The average Bonchev–Trinajstić information content (AvgIpc) is 2.77. The lowest BCUT2D eigenvalue weighted by Gasteiger charge is -2.36. The number of primary sulfonamides is 1. The number of anilines is 1. The largest absolute Gasteiger partial charge is 0.369 e. The van der Waals surface area contributed by atoms with E-state index in [0.717, 1.165) is 51.3 Å². The number of piperazine rings is 1. The fraction of sp³-hybridized carbons (Fsp3) is 0.435. The van der Waals surface area contributed by atoms with Crippen LogP contribution in [0, 0.1) is 0 Å². The second-order valence-corrected chi connectivity index (χ2v) is 10.5. The predicted octanol–water partition coefficient (Wildman–Crippen LogP) is 3.62. The number of unbranched alkanes of at least 4 members (excludes halogenated alkanes) is 1. The number of benzene rings is 2. The molecule has 0 bridgehead atoms. The van der Waals surface area contributed by atoms with Gasteiger partial charge in [-0.05, 0) is 49.4 Å². The second kappa shape index (κ2) is 11.1. The van der Waals surface area contributed by atoms with Crippen molar-refractivity contribution in [2.24, 2.45) is 5.14 Å². The van der Waals surface area contributed by atoms with Crippen LogP contribution >= 0.6 is 11.8 Å². The van der Waals surface area contributed by atoms with Gasteiger partial charge in [0.05, 0.1) is 4.90 Å². The molecule has 3 rings (SSSR count). The summed E-state index contributed by atoms with van der Waals surface area (Å²) in [4.78, 5) is 18.1. The third-order valence-corrected chi connectivity index (χ3v) is 7.53. The van der Waals surface area contributed by atoms with Gasteiger partial charge in [0.15, 0.2) is 5.78 Å². The van der Waals surface area contributed by atoms with Crippen LogP contribution in [0.2, 0.25) is 0 Å². The monoisotopic (exact) mass is 461 g/mol. The lowest BCUT2D eigenvalue weighted by molar-refractivity contribution is 0.0977. The maximum Gasteiger partial charge on any atom is 0.239 e. The van der Waals surface area contributed by atoms with E-state index < -0.39 is 10.0 Å². The van der Waals surface area contributed by atoms with Gasteiger partial charge in [0.1, 0.15) is 0 Å². The molecule has 1 heterocycles. The second-order valence-electron chi connectivity index (χ2n) is 7.68. The first kappa shape index (κ1) is 23.8. The van der Waals surface area contributed by atoms with Crippen molar-refractivity contribution in [3.05, 3.63) is 54.1 Å². The Morgan fingerprint density at radius 1 is 1.03 bits per heavy atom. The van der Waals surface area contributed by atoms with Crippen molar-refractivity contribution in [2.45, 2.75) is 36.0 Å². The molecule has 1 saturated heterocycles. The highest BCUT2D eigenvalue weighted by Crippen LogP contribution is 2.27. The molecule has 0 aliphatic carbocycles. The Balaban J connectivity index is 1.44. The van der Waals surface area contributed by atoms with Crippen molar-refractivity contribution in [1.82, 2.24) is 4.90 Å². The quantitative estimate of drug-likeness (QED) is 0.331. The highest BCUT2D eigenvalue weighted by atomic mass is 32.2. The molecule has 1 fully saturated rings. The summed E-state index contributed by atoms with van der Waals surface area (Å²) >= 11 is 1.41. The van der Waals surface area contributed by atoms with Gasteiger partial charge in [0.2, 0.25) is 10.0 Å². The number of para-hydroxylation sites is 1. The summed E-state index contributed by atoms with van der Waals surface area (Å²) in [5.74, 6) is 0.696. The van der Waals surface area contributed by atoms with Crippen molar-refractivity contribution in [3.8, 4) is 0 Å². The Morgan fingerprint density at radius 3 is 2.39 bits per heavy atom. The number of hydrogen-bond acceptors (Lipinski definition) is 6. The highest BCUT2D eigenvalue weighted by molar-refractivity contribution is 8.00. The van der Waals surface area contributed by atoms with Gasteiger partial charge in [-0.15, -0.1) is 11.8 Å². The molecule has 2 aromatic carbocycles. The van der Waals surface area contributed by atoms with Crippen molar-refractivity contribution in [1.29, 1.82) is 0 Å². The summed E-state index contributed by atoms with van der Waals surface area (Å²) in [5, 5.41) is 5.35. The normalized spacial score (nSPS) is 15.2. The number of Topliss-reactive ketones (excluding diaryl/α,β-unsaturated/α-hetero) is 1. The van der Waals surface area contributed by atoms with Crippen molar-refractivity contribution in [3.63, 3.8) is 0 Å². The molecule has 2 N–H and O–H groups in total. The van der Waals surface area contributed by atoms with Crippen LogP contribution in [0.15, 0.2) is 58.3 Å². The molecule has 0 aromatic heterocycles. The van der Waals surface area contributed by atoms with E-state index in [1.54, 1.807) is 12.1 Å². The number of carbonyl (C=O) groups excluding carboxylic acids is 1. The SMILES string of the molecule is CCSc1ccc(C(=O)CCCCN2CCN(c3ccccc3)CC2)cc1S(N)(=O)=O. The van der Waals surface area contributed by atoms with Crippen molar-refractivity contribution in [2.75, 3.05) is 43.4 Å². The number of sulfonamides is 1. The highest BCUT2D eigenvalue weighted by Gasteiger charge is 2.19. The fourth-order valence-electron chi connectivity index (χ4n) is 3.81. The molecule has 0 spiro atoms. The number of carbonyl (C=O) groups is 1. The summed E-state index contributed by atoms with van der Waals surface area (Å²) in [7, 11) is -3.86. The molecule has 168 valence electrons. The Bertz CT molecular complexity index is 973. The van der Waals surface area contributed by atoms with Gasteiger partial charge in [0, 0.05) is 48.7 Å². The molecule has 8 heteroatoms. The van der Waals surface area contributed by atoms with Gasteiger partial charge in [-0.25, -0.2) is 13.6 Å². The topological polar surface area (TPSA) is 83.7 Å². The van der Waals surface area contributed by atoms with E-state index in [4.69, 9.17) is 5.14 Å². The zero-order valence-electron chi connectivity index (χ0n) is 18.0. The van der Waals surface area contributed by atoms with Crippen LogP contribution in [0.5, 0.6) is 0 Å². The molecule has 0 unspecified atom stereocenters. The molecular formula is C23H31N3O3S2. The third kappa shape index (κ3) is 6.80. The summed E-state index contributed by atoms with van der Waals surface area (Å²) in [6.07, 6.45) is 2.14. The molecule has 31 heavy (non-hydrogen) atoms. The zero-order valence-corrected chi connectivity index (χ0v) is 19.6. The maximum absolute atomic E-state index is 12.6. The molecule has 0 saturated carbocycles. The van der Waals surface area contributed by atoms with Crippen LogP contribution in [-0.4, -0.2) is 57.6 Å². The number of nitrogens with two attached hydrogens (primary N) is 1. The van der Waals surface area contributed by atoms with Gasteiger partial charge in [-0.2, -0.15) is 0 Å². The van der Waals surface area contributed by atoms with E-state index in [9.17, 15) is 13.2 Å². The van der Waals surface area contributed by atoms with E-state index in [2.05, 4.69) is 34.1 Å².